The Hall–Kier alpha value is -4.26. The monoisotopic (exact) mass is 411 g/mol. The number of rotatable bonds is 7. The van der Waals surface area contributed by atoms with Crippen molar-refractivity contribution in [2.75, 3.05) is 19.6 Å². The summed E-state index contributed by atoms with van der Waals surface area (Å²) < 4.78 is 10.6. The van der Waals surface area contributed by atoms with E-state index >= 15 is 0 Å². The molecule has 7 nitrogen and oxygen atoms in total. The van der Waals surface area contributed by atoms with E-state index in [2.05, 4.69) is 25.7 Å². The average Bonchev–Trinajstić information content (AvgIpc) is 2.85. The van der Waals surface area contributed by atoms with Crippen LogP contribution in [-0.4, -0.2) is 35.6 Å². The second-order valence-electron chi connectivity index (χ2n) is 6.55. The summed E-state index contributed by atoms with van der Waals surface area (Å²) in [6, 6.07) is 25.3. The van der Waals surface area contributed by atoms with E-state index in [1.54, 1.807) is 20.4 Å². The molecule has 0 saturated carbocycles. The topological polar surface area (TPSA) is 81.5 Å². The molecular formula is C24H21N5O2. The minimum Gasteiger partial charge on any atom is -0.493 e. The minimum absolute atomic E-state index is 0.301. The smallest absolute Gasteiger partial charge is 0.263 e. The highest BCUT2D eigenvalue weighted by atomic mass is 16.5. The van der Waals surface area contributed by atoms with Gasteiger partial charge in [-0.25, -0.2) is 10.4 Å². The van der Waals surface area contributed by atoms with E-state index in [0.29, 0.717) is 23.1 Å². The maximum absolute atomic E-state index is 5.32. The van der Waals surface area contributed by atoms with Crippen LogP contribution in [0.15, 0.2) is 84.0 Å². The molecule has 0 aliphatic carbocycles. The lowest BCUT2D eigenvalue weighted by molar-refractivity contribution is 0.355. The molecule has 0 unspecified atom stereocenters. The number of anilines is 1. The van der Waals surface area contributed by atoms with Gasteiger partial charge in [-0.1, -0.05) is 60.7 Å². The van der Waals surface area contributed by atoms with Gasteiger partial charge in [-0.05, 0) is 23.8 Å². The molecule has 0 saturated heterocycles. The molecule has 3 aromatic carbocycles. The molecule has 1 heterocycles. The fraction of sp³-hybridized carbons (Fsp3) is 0.0833. The molecule has 4 aromatic rings. The fourth-order valence-electron chi connectivity index (χ4n) is 3.06. The summed E-state index contributed by atoms with van der Waals surface area (Å²) in [5.41, 5.74) is 7.03. The van der Waals surface area contributed by atoms with Crippen molar-refractivity contribution in [3.63, 3.8) is 0 Å². The number of hydrazone groups is 1. The average molecular weight is 411 g/mol. The lowest BCUT2D eigenvalue weighted by atomic mass is 10.0. The molecule has 1 aromatic heterocycles. The van der Waals surface area contributed by atoms with Crippen LogP contribution in [0.2, 0.25) is 0 Å². The number of hydrogen-bond acceptors (Lipinski definition) is 7. The second kappa shape index (κ2) is 9.49. The Balaban J connectivity index is 1.62. The van der Waals surface area contributed by atoms with Crippen molar-refractivity contribution in [1.82, 2.24) is 15.2 Å². The van der Waals surface area contributed by atoms with E-state index < -0.39 is 0 Å². The second-order valence-corrected chi connectivity index (χ2v) is 6.55. The molecule has 7 heteroatoms. The van der Waals surface area contributed by atoms with Crippen LogP contribution in [-0.2, 0) is 0 Å². The summed E-state index contributed by atoms with van der Waals surface area (Å²) in [6.45, 7) is 0. The van der Waals surface area contributed by atoms with Crippen molar-refractivity contribution in [2.24, 2.45) is 5.10 Å². The molecule has 4 rings (SSSR count). The quantitative estimate of drug-likeness (QED) is 0.352. The number of aromatic nitrogens is 3. The summed E-state index contributed by atoms with van der Waals surface area (Å²) in [4.78, 5) is 4.67. The van der Waals surface area contributed by atoms with E-state index in [-0.39, 0.29) is 0 Å². The predicted molar refractivity (Wildman–Crippen MR) is 121 cm³/mol. The molecule has 0 bridgehead atoms. The molecule has 0 fully saturated rings. The summed E-state index contributed by atoms with van der Waals surface area (Å²) >= 11 is 0. The molecule has 0 atom stereocenters. The van der Waals surface area contributed by atoms with Gasteiger partial charge in [-0.15, -0.1) is 10.2 Å². The van der Waals surface area contributed by atoms with Crippen molar-refractivity contribution < 1.29 is 9.47 Å². The summed E-state index contributed by atoms with van der Waals surface area (Å²) in [6.07, 6.45) is 1.65. The third-order valence-electron chi connectivity index (χ3n) is 4.57. The van der Waals surface area contributed by atoms with E-state index in [4.69, 9.17) is 9.47 Å². The van der Waals surface area contributed by atoms with E-state index in [1.807, 2.05) is 78.9 Å². The molecule has 0 aliphatic rings. The van der Waals surface area contributed by atoms with Crippen molar-refractivity contribution in [3.05, 3.63) is 84.4 Å². The SMILES string of the molecule is COc1ccc(C=NNc2nnc(-c3ccccc3)c(-c3ccccc3)n2)cc1OC. The zero-order valence-corrected chi connectivity index (χ0v) is 17.2. The van der Waals surface area contributed by atoms with Crippen LogP contribution in [0.1, 0.15) is 5.56 Å². The Kier molecular flexibility index (Phi) is 6.13. The molecular weight excluding hydrogens is 390 g/mol. The molecule has 0 radical (unpaired) electrons. The normalized spacial score (nSPS) is 10.8. The van der Waals surface area contributed by atoms with Crippen LogP contribution in [0.25, 0.3) is 22.5 Å². The van der Waals surface area contributed by atoms with Crippen molar-refractivity contribution >= 4 is 12.2 Å². The standard InChI is InChI=1S/C24H21N5O2/c1-30-20-14-13-17(15-21(20)31-2)16-25-28-24-26-22(18-9-5-3-6-10-18)23(27-29-24)19-11-7-4-8-12-19/h3-16H,1-2H3,(H,26,28,29). The van der Waals surface area contributed by atoms with Crippen LogP contribution in [0.3, 0.4) is 0 Å². The first-order chi connectivity index (χ1) is 15.3. The molecule has 1 N–H and O–H groups in total. The Labute approximate surface area is 180 Å². The van der Waals surface area contributed by atoms with Gasteiger partial charge in [-0.2, -0.15) is 5.10 Å². The fourth-order valence-corrected chi connectivity index (χ4v) is 3.06. The van der Waals surface area contributed by atoms with Gasteiger partial charge in [0.25, 0.3) is 5.95 Å². The van der Waals surface area contributed by atoms with E-state index in [1.165, 1.54) is 0 Å². The predicted octanol–water partition coefficient (Wildman–Crippen LogP) is 4.67. The number of nitrogens with zero attached hydrogens (tertiary/aromatic N) is 4. The third kappa shape index (κ3) is 4.67. The molecule has 0 spiro atoms. The largest absolute Gasteiger partial charge is 0.493 e. The highest BCUT2D eigenvalue weighted by molar-refractivity contribution is 5.81. The Bertz CT molecular complexity index is 1180. The molecule has 0 amide bonds. The number of methoxy groups -OCH3 is 2. The number of ether oxygens (including phenoxy) is 2. The van der Waals surface area contributed by atoms with Crippen molar-refractivity contribution in [3.8, 4) is 34.0 Å². The van der Waals surface area contributed by atoms with Gasteiger partial charge in [-0.3, -0.25) is 0 Å². The van der Waals surface area contributed by atoms with E-state index in [0.717, 1.165) is 22.4 Å². The first-order valence-corrected chi connectivity index (χ1v) is 9.65. The lowest BCUT2D eigenvalue weighted by Gasteiger charge is -2.09. The number of nitrogens with one attached hydrogen (secondary N) is 1. The third-order valence-corrected chi connectivity index (χ3v) is 4.57. The minimum atomic E-state index is 0.301. The van der Waals surface area contributed by atoms with Crippen LogP contribution in [0.4, 0.5) is 5.95 Å². The first-order valence-electron chi connectivity index (χ1n) is 9.65. The maximum atomic E-state index is 5.32. The zero-order chi connectivity index (χ0) is 21.5. The summed E-state index contributed by atoms with van der Waals surface area (Å²) in [5, 5.41) is 12.9. The first kappa shape index (κ1) is 20.0. The van der Waals surface area contributed by atoms with Gasteiger partial charge in [0, 0.05) is 11.1 Å². The van der Waals surface area contributed by atoms with Gasteiger partial charge < -0.3 is 9.47 Å². The molecule has 31 heavy (non-hydrogen) atoms. The lowest BCUT2D eigenvalue weighted by Crippen LogP contribution is -2.03. The Morgan fingerprint density at radius 2 is 1.39 bits per heavy atom. The van der Waals surface area contributed by atoms with E-state index in [9.17, 15) is 0 Å². The van der Waals surface area contributed by atoms with Gasteiger partial charge in [0.1, 0.15) is 11.4 Å². The summed E-state index contributed by atoms with van der Waals surface area (Å²) in [5.74, 6) is 1.59. The van der Waals surface area contributed by atoms with Gasteiger partial charge in [0.05, 0.1) is 20.4 Å². The van der Waals surface area contributed by atoms with Crippen LogP contribution >= 0.6 is 0 Å². The van der Waals surface area contributed by atoms with Gasteiger partial charge in [0.15, 0.2) is 11.5 Å². The van der Waals surface area contributed by atoms with Crippen molar-refractivity contribution in [2.45, 2.75) is 0 Å². The van der Waals surface area contributed by atoms with Crippen molar-refractivity contribution in [1.29, 1.82) is 0 Å². The van der Waals surface area contributed by atoms with Crippen LogP contribution in [0.5, 0.6) is 11.5 Å². The highest BCUT2D eigenvalue weighted by Gasteiger charge is 2.13. The highest BCUT2D eigenvalue weighted by Crippen LogP contribution is 2.29. The van der Waals surface area contributed by atoms with Crippen LogP contribution < -0.4 is 14.9 Å². The molecule has 0 aliphatic heterocycles. The zero-order valence-electron chi connectivity index (χ0n) is 17.2. The van der Waals surface area contributed by atoms with Gasteiger partial charge >= 0.3 is 0 Å². The Morgan fingerprint density at radius 1 is 0.742 bits per heavy atom. The Morgan fingerprint density at radius 3 is 2.03 bits per heavy atom. The number of hydrogen-bond donors (Lipinski definition) is 1. The van der Waals surface area contributed by atoms with Crippen LogP contribution in [0, 0.1) is 0 Å². The molecule has 154 valence electrons. The maximum Gasteiger partial charge on any atom is 0.263 e. The number of benzene rings is 3. The van der Waals surface area contributed by atoms with Gasteiger partial charge in [0.2, 0.25) is 0 Å². The summed E-state index contributed by atoms with van der Waals surface area (Å²) in [7, 11) is 3.19.